The Kier molecular flexibility index (Phi) is 6.24. The second-order valence-electron chi connectivity index (χ2n) is 5.93. The number of aryl methyl sites for hydroxylation is 3. The standard InChI is InChI=1S/C20H25NO3/c1-14-9-10-16(3)19(13-14)24-17(4)20(22)21-11-12-23-18-8-6-5-7-15(18)2/h5-10,13,17H,11-12H2,1-4H3,(H,21,22). The highest BCUT2D eigenvalue weighted by atomic mass is 16.5. The number of rotatable bonds is 7. The van der Waals surface area contributed by atoms with Crippen molar-refractivity contribution in [3.8, 4) is 11.5 Å². The lowest BCUT2D eigenvalue weighted by molar-refractivity contribution is -0.127. The van der Waals surface area contributed by atoms with E-state index < -0.39 is 6.10 Å². The van der Waals surface area contributed by atoms with E-state index in [-0.39, 0.29) is 5.91 Å². The maximum atomic E-state index is 12.1. The van der Waals surface area contributed by atoms with Crippen molar-refractivity contribution in [1.82, 2.24) is 5.32 Å². The Balaban J connectivity index is 1.77. The molecule has 2 rings (SSSR count). The van der Waals surface area contributed by atoms with Crippen molar-refractivity contribution in [3.63, 3.8) is 0 Å². The van der Waals surface area contributed by atoms with Crippen LogP contribution in [0.25, 0.3) is 0 Å². The molecule has 0 aliphatic rings. The zero-order valence-corrected chi connectivity index (χ0v) is 14.8. The zero-order valence-electron chi connectivity index (χ0n) is 14.8. The Morgan fingerprint density at radius 1 is 1.04 bits per heavy atom. The molecular weight excluding hydrogens is 302 g/mol. The van der Waals surface area contributed by atoms with Crippen LogP contribution >= 0.6 is 0 Å². The van der Waals surface area contributed by atoms with E-state index in [9.17, 15) is 4.79 Å². The molecule has 0 aliphatic carbocycles. The van der Waals surface area contributed by atoms with E-state index in [2.05, 4.69) is 5.32 Å². The molecule has 4 nitrogen and oxygen atoms in total. The fourth-order valence-electron chi connectivity index (χ4n) is 2.28. The van der Waals surface area contributed by atoms with Crippen molar-refractivity contribution < 1.29 is 14.3 Å². The van der Waals surface area contributed by atoms with Gasteiger partial charge in [-0.15, -0.1) is 0 Å². The average Bonchev–Trinajstić information content (AvgIpc) is 2.56. The van der Waals surface area contributed by atoms with Crippen LogP contribution in [0.3, 0.4) is 0 Å². The number of carbonyl (C=O) groups excluding carboxylic acids is 1. The van der Waals surface area contributed by atoms with Gasteiger partial charge in [-0.05, 0) is 56.5 Å². The minimum absolute atomic E-state index is 0.149. The van der Waals surface area contributed by atoms with E-state index in [1.165, 1.54) is 0 Å². The lowest BCUT2D eigenvalue weighted by Crippen LogP contribution is -2.38. The minimum atomic E-state index is -0.552. The number of benzene rings is 2. The lowest BCUT2D eigenvalue weighted by Gasteiger charge is -2.17. The SMILES string of the molecule is Cc1ccc(C)c(OC(C)C(=O)NCCOc2ccccc2C)c1. The molecule has 0 saturated heterocycles. The summed E-state index contributed by atoms with van der Waals surface area (Å²) >= 11 is 0. The smallest absolute Gasteiger partial charge is 0.260 e. The Labute approximate surface area is 143 Å². The molecule has 0 bridgehead atoms. The Morgan fingerprint density at radius 3 is 2.50 bits per heavy atom. The molecule has 4 heteroatoms. The molecule has 0 saturated carbocycles. The molecule has 0 fully saturated rings. The van der Waals surface area contributed by atoms with Gasteiger partial charge in [-0.25, -0.2) is 0 Å². The summed E-state index contributed by atoms with van der Waals surface area (Å²) in [4.78, 5) is 12.1. The second-order valence-corrected chi connectivity index (χ2v) is 5.93. The zero-order chi connectivity index (χ0) is 17.5. The van der Waals surface area contributed by atoms with Gasteiger partial charge in [0.15, 0.2) is 6.10 Å². The van der Waals surface area contributed by atoms with E-state index in [0.717, 1.165) is 28.2 Å². The lowest BCUT2D eigenvalue weighted by atomic mass is 10.1. The van der Waals surface area contributed by atoms with Crippen molar-refractivity contribution in [2.24, 2.45) is 0 Å². The van der Waals surface area contributed by atoms with Crippen LogP contribution in [0.4, 0.5) is 0 Å². The third-order valence-corrected chi connectivity index (χ3v) is 3.77. The summed E-state index contributed by atoms with van der Waals surface area (Å²) < 4.78 is 11.4. The van der Waals surface area contributed by atoms with Gasteiger partial charge in [0, 0.05) is 0 Å². The van der Waals surface area contributed by atoms with Crippen LogP contribution in [-0.2, 0) is 4.79 Å². The van der Waals surface area contributed by atoms with Crippen molar-refractivity contribution in [2.75, 3.05) is 13.2 Å². The molecule has 2 aromatic rings. The van der Waals surface area contributed by atoms with Gasteiger partial charge in [-0.3, -0.25) is 4.79 Å². The summed E-state index contributed by atoms with van der Waals surface area (Å²) in [6.07, 6.45) is -0.552. The Morgan fingerprint density at radius 2 is 1.75 bits per heavy atom. The van der Waals surface area contributed by atoms with Crippen LogP contribution in [-0.4, -0.2) is 25.2 Å². The van der Waals surface area contributed by atoms with Crippen molar-refractivity contribution in [3.05, 3.63) is 59.2 Å². The fraction of sp³-hybridized carbons (Fsp3) is 0.350. The molecule has 0 aromatic heterocycles. The van der Waals surface area contributed by atoms with Gasteiger partial charge in [-0.1, -0.05) is 30.3 Å². The third-order valence-electron chi connectivity index (χ3n) is 3.77. The number of carbonyl (C=O) groups is 1. The number of para-hydroxylation sites is 1. The van der Waals surface area contributed by atoms with Crippen LogP contribution in [0.5, 0.6) is 11.5 Å². The van der Waals surface area contributed by atoms with Crippen molar-refractivity contribution >= 4 is 5.91 Å². The topological polar surface area (TPSA) is 47.6 Å². The van der Waals surface area contributed by atoms with Crippen LogP contribution in [0.2, 0.25) is 0 Å². The van der Waals surface area contributed by atoms with E-state index in [4.69, 9.17) is 9.47 Å². The summed E-state index contributed by atoms with van der Waals surface area (Å²) in [5.41, 5.74) is 3.20. The second kappa shape index (κ2) is 8.39. The van der Waals surface area contributed by atoms with Gasteiger partial charge in [0.2, 0.25) is 0 Å². The van der Waals surface area contributed by atoms with Gasteiger partial charge < -0.3 is 14.8 Å². The van der Waals surface area contributed by atoms with Gasteiger partial charge >= 0.3 is 0 Å². The summed E-state index contributed by atoms with van der Waals surface area (Å²) in [7, 11) is 0. The normalized spacial score (nSPS) is 11.7. The highest BCUT2D eigenvalue weighted by molar-refractivity contribution is 5.80. The number of amides is 1. The highest BCUT2D eigenvalue weighted by Crippen LogP contribution is 2.20. The first kappa shape index (κ1) is 17.9. The monoisotopic (exact) mass is 327 g/mol. The predicted molar refractivity (Wildman–Crippen MR) is 95.7 cm³/mol. The predicted octanol–water partition coefficient (Wildman–Crippen LogP) is 3.57. The molecule has 0 radical (unpaired) electrons. The molecule has 0 aliphatic heterocycles. The number of hydrogen-bond donors (Lipinski definition) is 1. The molecule has 1 unspecified atom stereocenters. The van der Waals surface area contributed by atoms with Crippen LogP contribution in [0.15, 0.2) is 42.5 Å². The number of nitrogens with one attached hydrogen (secondary N) is 1. The van der Waals surface area contributed by atoms with E-state index in [0.29, 0.717) is 13.2 Å². The van der Waals surface area contributed by atoms with Gasteiger partial charge in [0.05, 0.1) is 6.54 Å². The van der Waals surface area contributed by atoms with Crippen LogP contribution < -0.4 is 14.8 Å². The van der Waals surface area contributed by atoms with E-state index >= 15 is 0 Å². The quantitative estimate of drug-likeness (QED) is 0.791. The summed E-state index contributed by atoms with van der Waals surface area (Å²) in [5, 5.41) is 2.84. The first-order valence-electron chi connectivity index (χ1n) is 8.17. The average molecular weight is 327 g/mol. The molecule has 1 amide bonds. The molecule has 128 valence electrons. The Bertz CT molecular complexity index is 697. The summed E-state index contributed by atoms with van der Waals surface area (Å²) in [5.74, 6) is 1.43. The molecule has 0 heterocycles. The molecule has 1 atom stereocenters. The first-order chi connectivity index (χ1) is 11.5. The van der Waals surface area contributed by atoms with Gasteiger partial charge in [0.1, 0.15) is 18.1 Å². The maximum Gasteiger partial charge on any atom is 0.260 e. The maximum absolute atomic E-state index is 12.1. The third kappa shape index (κ3) is 5.01. The van der Waals surface area contributed by atoms with Crippen LogP contribution in [0, 0.1) is 20.8 Å². The number of ether oxygens (including phenoxy) is 2. The molecule has 2 aromatic carbocycles. The summed E-state index contributed by atoms with van der Waals surface area (Å²) in [6.45, 7) is 8.57. The molecular formula is C20H25NO3. The van der Waals surface area contributed by atoms with Crippen LogP contribution in [0.1, 0.15) is 23.6 Å². The summed E-state index contributed by atoms with van der Waals surface area (Å²) in [6, 6.07) is 13.8. The number of hydrogen-bond acceptors (Lipinski definition) is 3. The van der Waals surface area contributed by atoms with Gasteiger partial charge in [-0.2, -0.15) is 0 Å². The largest absolute Gasteiger partial charge is 0.491 e. The fourth-order valence-corrected chi connectivity index (χ4v) is 2.28. The highest BCUT2D eigenvalue weighted by Gasteiger charge is 2.15. The molecule has 24 heavy (non-hydrogen) atoms. The van der Waals surface area contributed by atoms with E-state index in [1.54, 1.807) is 6.92 Å². The van der Waals surface area contributed by atoms with Crippen molar-refractivity contribution in [2.45, 2.75) is 33.8 Å². The minimum Gasteiger partial charge on any atom is -0.491 e. The van der Waals surface area contributed by atoms with Crippen molar-refractivity contribution in [1.29, 1.82) is 0 Å². The van der Waals surface area contributed by atoms with Gasteiger partial charge in [0.25, 0.3) is 5.91 Å². The molecule has 1 N–H and O–H groups in total. The molecule has 0 spiro atoms. The van der Waals surface area contributed by atoms with E-state index in [1.807, 2.05) is 63.2 Å². The first-order valence-corrected chi connectivity index (χ1v) is 8.17. The Hall–Kier alpha value is -2.49.